The van der Waals surface area contributed by atoms with Crippen LogP contribution in [0.5, 0.6) is 0 Å². The molecule has 2 aromatic rings. The van der Waals surface area contributed by atoms with Gasteiger partial charge in [0.15, 0.2) is 5.16 Å². The zero-order valence-corrected chi connectivity index (χ0v) is 14.2. The molecule has 1 saturated carbocycles. The number of hydrogen-bond acceptors (Lipinski definition) is 6. The number of carbonyl (C=O) groups is 1. The van der Waals surface area contributed by atoms with E-state index in [9.17, 15) is 4.79 Å². The normalized spacial score (nSPS) is 18.1. The Hall–Kier alpha value is -1.80. The first kappa shape index (κ1) is 15.7. The molecule has 0 aromatic carbocycles. The van der Waals surface area contributed by atoms with Crippen LogP contribution < -0.4 is 0 Å². The molecule has 4 rings (SSSR count). The van der Waals surface area contributed by atoms with Crippen LogP contribution in [0.1, 0.15) is 30.3 Å². The number of rotatable bonds is 6. The van der Waals surface area contributed by atoms with Gasteiger partial charge in [0.05, 0.1) is 31.8 Å². The highest BCUT2D eigenvalue weighted by molar-refractivity contribution is 7.99. The largest absolute Gasteiger partial charge is 0.467 e. The first-order chi connectivity index (χ1) is 11.8. The zero-order valence-electron chi connectivity index (χ0n) is 13.4. The molecule has 8 heteroatoms. The predicted molar refractivity (Wildman–Crippen MR) is 87.9 cm³/mol. The van der Waals surface area contributed by atoms with E-state index in [1.165, 1.54) is 11.8 Å². The van der Waals surface area contributed by atoms with Crippen molar-refractivity contribution >= 4 is 17.7 Å². The van der Waals surface area contributed by atoms with Gasteiger partial charge in [0.2, 0.25) is 5.91 Å². The molecule has 1 aliphatic carbocycles. The number of amides is 1. The summed E-state index contributed by atoms with van der Waals surface area (Å²) in [5, 5.41) is 9.46. The zero-order chi connectivity index (χ0) is 16.4. The van der Waals surface area contributed by atoms with E-state index in [1.54, 1.807) is 6.26 Å². The minimum absolute atomic E-state index is 0.129. The molecular formula is C16H20N4O3S. The maximum atomic E-state index is 12.3. The van der Waals surface area contributed by atoms with Crippen molar-refractivity contribution in [2.45, 2.75) is 30.5 Å². The Labute approximate surface area is 144 Å². The van der Waals surface area contributed by atoms with E-state index in [1.807, 2.05) is 17.0 Å². The molecule has 7 nitrogen and oxygen atoms in total. The Morgan fingerprint density at radius 1 is 1.29 bits per heavy atom. The molecule has 24 heavy (non-hydrogen) atoms. The highest BCUT2D eigenvalue weighted by atomic mass is 32.2. The lowest BCUT2D eigenvalue weighted by Gasteiger charge is -2.26. The van der Waals surface area contributed by atoms with Crippen molar-refractivity contribution in [2.75, 3.05) is 32.1 Å². The molecule has 0 spiro atoms. The summed E-state index contributed by atoms with van der Waals surface area (Å²) in [6.07, 6.45) is 3.99. The molecule has 0 atom stereocenters. The van der Waals surface area contributed by atoms with Crippen LogP contribution >= 0.6 is 11.8 Å². The van der Waals surface area contributed by atoms with E-state index < -0.39 is 0 Å². The average molecular weight is 348 g/mol. The molecule has 1 saturated heterocycles. The Morgan fingerprint density at radius 3 is 2.83 bits per heavy atom. The third-order valence-electron chi connectivity index (χ3n) is 4.27. The SMILES string of the molecule is O=C(CSc1nnc(C2CC2)n1Cc1ccco1)N1CCOCC1. The van der Waals surface area contributed by atoms with E-state index in [2.05, 4.69) is 14.8 Å². The second-order valence-corrected chi connectivity index (χ2v) is 7.00. The first-order valence-electron chi connectivity index (χ1n) is 8.25. The molecular weight excluding hydrogens is 328 g/mol. The molecule has 1 amide bonds. The fraction of sp³-hybridized carbons (Fsp3) is 0.562. The summed E-state index contributed by atoms with van der Waals surface area (Å²) in [4.78, 5) is 14.2. The van der Waals surface area contributed by atoms with Crippen LogP contribution in [-0.2, 0) is 16.1 Å². The first-order valence-corrected chi connectivity index (χ1v) is 9.23. The quantitative estimate of drug-likeness (QED) is 0.741. The van der Waals surface area contributed by atoms with Gasteiger partial charge in [-0.05, 0) is 25.0 Å². The van der Waals surface area contributed by atoms with Crippen molar-refractivity contribution in [1.82, 2.24) is 19.7 Å². The third kappa shape index (κ3) is 3.49. The van der Waals surface area contributed by atoms with Crippen LogP contribution in [-0.4, -0.2) is 57.6 Å². The molecule has 0 unspecified atom stereocenters. The number of aromatic nitrogens is 3. The number of thioether (sulfide) groups is 1. The van der Waals surface area contributed by atoms with Gasteiger partial charge in [-0.1, -0.05) is 11.8 Å². The Morgan fingerprint density at radius 2 is 2.12 bits per heavy atom. The Bertz CT molecular complexity index is 690. The number of morpholine rings is 1. The number of furan rings is 1. The summed E-state index contributed by atoms with van der Waals surface area (Å²) in [5.41, 5.74) is 0. The summed E-state index contributed by atoms with van der Waals surface area (Å²) >= 11 is 1.45. The minimum atomic E-state index is 0.129. The van der Waals surface area contributed by atoms with Crippen molar-refractivity contribution < 1.29 is 13.9 Å². The highest BCUT2D eigenvalue weighted by Gasteiger charge is 2.31. The average Bonchev–Trinajstić information content (AvgIpc) is 3.18. The van der Waals surface area contributed by atoms with E-state index in [4.69, 9.17) is 9.15 Å². The van der Waals surface area contributed by atoms with Crippen molar-refractivity contribution in [2.24, 2.45) is 0 Å². The molecule has 2 fully saturated rings. The number of ether oxygens (including phenoxy) is 1. The van der Waals surface area contributed by atoms with Gasteiger partial charge in [-0.3, -0.25) is 9.36 Å². The summed E-state index contributed by atoms with van der Waals surface area (Å²) in [5.74, 6) is 2.88. The molecule has 128 valence electrons. The lowest BCUT2D eigenvalue weighted by Crippen LogP contribution is -2.41. The van der Waals surface area contributed by atoms with Crippen molar-refractivity contribution in [3.05, 3.63) is 30.0 Å². The van der Waals surface area contributed by atoms with E-state index in [0.717, 1.165) is 29.6 Å². The smallest absolute Gasteiger partial charge is 0.233 e. The summed E-state index contributed by atoms with van der Waals surface area (Å²) in [6, 6.07) is 3.83. The fourth-order valence-corrected chi connectivity index (χ4v) is 3.64. The van der Waals surface area contributed by atoms with Crippen molar-refractivity contribution in [1.29, 1.82) is 0 Å². The Balaban J connectivity index is 1.45. The third-order valence-corrected chi connectivity index (χ3v) is 5.22. The fourth-order valence-electron chi connectivity index (χ4n) is 2.79. The van der Waals surface area contributed by atoms with Crippen LogP contribution in [0.2, 0.25) is 0 Å². The van der Waals surface area contributed by atoms with Gasteiger partial charge in [0.1, 0.15) is 11.6 Å². The van der Waals surface area contributed by atoms with Gasteiger partial charge >= 0.3 is 0 Å². The molecule has 0 bridgehead atoms. The van der Waals surface area contributed by atoms with Crippen LogP contribution in [0.3, 0.4) is 0 Å². The van der Waals surface area contributed by atoms with Crippen LogP contribution in [0.4, 0.5) is 0 Å². The van der Waals surface area contributed by atoms with Crippen LogP contribution in [0, 0.1) is 0 Å². The topological polar surface area (TPSA) is 73.4 Å². The minimum Gasteiger partial charge on any atom is -0.467 e. The number of nitrogens with zero attached hydrogens (tertiary/aromatic N) is 4. The number of carbonyl (C=O) groups excluding carboxylic acids is 1. The number of hydrogen-bond donors (Lipinski definition) is 0. The Kier molecular flexibility index (Phi) is 4.57. The monoisotopic (exact) mass is 348 g/mol. The van der Waals surface area contributed by atoms with Gasteiger partial charge in [0, 0.05) is 19.0 Å². The van der Waals surface area contributed by atoms with Gasteiger partial charge in [-0.2, -0.15) is 0 Å². The van der Waals surface area contributed by atoms with Crippen molar-refractivity contribution in [3.63, 3.8) is 0 Å². The van der Waals surface area contributed by atoms with Crippen LogP contribution in [0.15, 0.2) is 28.0 Å². The van der Waals surface area contributed by atoms with Crippen molar-refractivity contribution in [3.8, 4) is 0 Å². The maximum absolute atomic E-state index is 12.3. The van der Waals surface area contributed by atoms with E-state index in [0.29, 0.717) is 44.5 Å². The summed E-state index contributed by atoms with van der Waals surface area (Å²) in [7, 11) is 0. The lowest BCUT2D eigenvalue weighted by atomic mass is 10.3. The molecule has 1 aliphatic heterocycles. The summed E-state index contributed by atoms with van der Waals surface area (Å²) in [6.45, 7) is 3.20. The van der Waals surface area contributed by atoms with E-state index >= 15 is 0 Å². The second kappa shape index (κ2) is 6.98. The van der Waals surface area contributed by atoms with Gasteiger partial charge in [-0.25, -0.2) is 0 Å². The molecule has 0 radical (unpaired) electrons. The van der Waals surface area contributed by atoms with Gasteiger partial charge in [0.25, 0.3) is 0 Å². The standard InChI is InChI=1S/C16H20N4O3S/c21-14(19-5-8-22-9-6-19)11-24-16-18-17-15(12-3-4-12)20(16)10-13-2-1-7-23-13/h1-2,7,12H,3-6,8-11H2. The lowest BCUT2D eigenvalue weighted by molar-refractivity contribution is -0.132. The summed E-state index contributed by atoms with van der Waals surface area (Å²) < 4.78 is 12.8. The molecule has 0 N–H and O–H groups in total. The molecule has 2 aromatic heterocycles. The molecule has 2 aliphatic rings. The predicted octanol–water partition coefficient (Wildman–Crippen LogP) is 1.75. The maximum Gasteiger partial charge on any atom is 0.233 e. The second-order valence-electron chi connectivity index (χ2n) is 6.06. The van der Waals surface area contributed by atoms with E-state index in [-0.39, 0.29) is 5.91 Å². The van der Waals surface area contributed by atoms with Gasteiger partial charge < -0.3 is 14.1 Å². The molecule has 3 heterocycles. The van der Waals surface area contributed by atoms with Crippen LogP contribution in [0.25, 0.3) is 0 Å². The van der Waals surface area contributed by atoms with Gasteiger partial charge in [-0.15, -0.1) is 10.2 Å². The highest BCUT2D eigenvalue weighted by Crippen LogP contribution is 2.40.